The molecule has 4 heterocycles. The fraction of sp³-hybridized carbons (Fsp3) is 0.278. The number of rotatable bonds is 3. The second-order valence-electron chi connectivity index (χ2n) is 6.25. The number of morpholine rings is 1. The average molecular weight is 366 g/mol. The second kappa shape index (κ2) is 7.12. The van der Waals surface area contributed by atoms with Gasteiger partial charge in [0.2, 0.25) is 0 Å². The maximum absolute atomic E-state index is 12.1. The summed E-state index contributed by atoms with van der Waals surface area (Å²) in [5.74, 6) is 0. The molecule has 0 bridgehead atoms. The molecule has 0 amide bonds. The predicted molar refractivity (Wildman–Crippen MR) is 98.6 cm³/mol. The van der Waals surface area contributed by atoms with Crippen molar-refractivity contribution in [2.24, 2.45) is 0 Å². The third-order valence-electron chi connectivity index (χ3n) is 4.47. The number of aryl methyl sites for hydroxylation is 1. The van der Waals surface area contributed by atoms with Gasteiger partial charge in [-0.25, -0.2) is 4.79 Å². The molecular weight excluding hydrogens is 348 g/mol. The maximum atomic E-state index is 12.1. The van der Waals surface area contributed by atoms with Crippen LogP contribution in [0.2, 0.25) is 0 Å². The van der Waals surface area contributed by atoms with Gasteiger partial charge in [-0.1, -0.05) is 6.07 Å². The quantitative estimate of drug-likeness (QED) is 0.704. The Bertz CT molecular complexity index is 1060. The molecule has 1 aliphatic rings. The van der Waals surface area contributed by atoms with E-state index in [1.54, 1.807) is 6.20 Å². The van der Waals surface area contributed by atoms with Crippen LogP contribution in [-0.4, -0.2) is 44.8 Å². The molecule has 0 spiro atoms. The molecule has 4 rings (SSSR count). The number of aromatic nitrogens is 5. The van der Waals surface area contributed by atoms with E-state index in [-0.39, 0.29) is 11.7 Å². The van der Waals surface area contributed by atoms with Gasteiger partial charge in [0, 0.05) is 18.9 Å². The first-order chi connectivity index (χ1) is 13.1. The molecule has 1 fully saturated rings. The minimum Gasteiger partial charge on any atom is -0.368 e. The lowest BCUT2D eigenvalue weighted by Crippen LogP contribution is -2.39. The summed E-state index contributed by atoms with van der Waals surface area (Å²) in [5.41, 5.74) is 2.09. The van der Waals surface area contributed by atoms with E-state index in [1.165, 1.54) is 6.20 Å². The van der Waals surface area contributed by atoms with Crippen molar-refractivity contribution >= 4 is 5.69 Å². The summed E-state index contributed by atoms with van der Waals surface area (Å²) < 4.78 is 5.87. The zero-order chi connectivity index (χ0) is 18.8. The van der Waals surface area contributed by atoms with Crippen LogP contribution in [0, 0.1) is 6.92 Å². The lowest BCUT2D eigenvalue weighted by Gasteiger charge is -2.34. The van der Waals surface area contributed by atoms with Crippen LogP contribution in [0.5, 0.6) is 0 Å². The minimum absolute atomic E-state index is 0.146. The molecule has 9 nitrogen and oxygen atoms in total. The SMILES string of the molecule is Cc1nnc(-c2c[nH]c(=O)[nH]c2=O)cc1N1CCOC(c2ccccn2)C1. The topological polar surface area (TPSA) is 117 Å². The third-order valence-corrected chi connectivity index (χ3v) is 4.47. The van der Waals surface area contributed by atoms with E-state index in [2.05, 4.69) is 30.0 Å². The van der Waals surface area contributed by atoms with Gasteiger partial charge >= 0.3 is 5.69 Å². The summed E-state index contributed by atoms with van der Waals surface area (Å²) >= 11 is 0. The number of nitrogens with zero attached hydrogens (tertiary/aromatic N) is 4. The van der Waals surface area contributed by atoms with Crippen molar-refractivity contribution in [1.29, 1.82) is 0 Å². The highest BCUT2D eigenvalue weighted by Crippen LogP contribution is 2.28. The highest BCUT2D eigenvalue weighted by atomic mass is 16.5. The number of H-pyrrole nitrogens is 2. The summed E-state index contributed by atoms with van der Waals surface area (Å²) in [6.07, 6.45) is 2.95. The van der Waals surface area contributed by atoms with Gasteiger partial charge in [0.05, 0.1) is 35.8 Å². The molecule has 0 saturated carbocycles. The lowest BCUT2D eigenvalue weighted by atomic mass is 10.1. The van der Waals surface area contributed by atoms with Gasteiger partial charge in [-0.15, -0.1) is 5.10 Å². The largest absolute Gasteiger partial charge is 0.368 e. The average Bonchev–Trinajstić information content (AvgIpc) is 2.69. The highest BCUT2D eigenvalue weighted by Gasteiger charge is 2.25. The molecule has 3 aromatic heterocycles. The fourth-order valence-corrected chi connectivity index (χ4v) is 3.11. The van der Waals surface area contributed by atoms with Crippen molar-refractivity contribution in [2.75, 3.05) is 24.6 Å². The predicted octanol–water partition coefficient (Wildman–Crippen LogP) is 0.802. The Kier molecular flexibility index (Phi) is 4.51. The summed E-state index contributed by atoms with van der Waals surface area (Å²) in [6, 6.07) is 7.56. The first-order valence-corrected chi connectivity index (χ1v) is 8.56. The van der Waals surface area contributed by atoms with Crippen molar-refractivity contribution in [3.05, 3.63) is 68.9 Å². The maximum Gasteiger partial charge on any atom is 0.325 e. The number of anilines is 1. The Balaban J connectivity index is 1.67. The van der Waals surface area contributed by atoms with E-state index in [1.807, 2.05) is 31.2 Å². The number of pyridine rings is 1. The van der Waals surface area contributed by atoms with E-state index < -0.39 is 11.2 Å². The zero-order valence-corrected chi connectivity index (χ0v) is 14.7. The third kappa shape index (κ3) is 3.49. The number of hydrogen-bond acceptors (Lipinski definition) is 7. The highest BCUT2D eigenvalue weighted by molar-refractivity contribution is 5.64. The van der Waals surface area contributed by atoms with E-state index >= 15 is 0 Å². The van der Waals surface area contributed by atoms with Crippen LogP contribution in [-0.2, 0) is 4.74 Å². The molecule has 138 valence electrons. The lowest BCUT2D eigenvalue weighted by molar-refractivity contribution is 0.0370. The van der Waals surface area contributed by atoms with Crippen molar-refractivity contribution in [3.63, 3.8) is 0 Å². The van der Waals surface area contributed by atoms with E-state index in [0.717, 1.165) is 17.1 Å². The van der Waals surface area contributed by atoms with Crippen LogP contribution >= 0.6 is 0 Å². The van der Waals surface area contributed by atoms with Crippen molar-refractivity contribution in [2.45, 2.75) is 13.0 Å². The summed E-state index contributed by atoms with van der Waals surface area (Å²) in [4.78, 5) is 34.5. The van der Waals surface area contributed by atoms with Crippen LogP contribution in [0.15, 0.2) is 46.2 Å². The van der Waals surface area contributed by atoms with Gasteiger partial charge in [0.1, 0.15) is 11.8 Å². The van der Waals surface area contributed by atoms with Gasteiger partial charge in [-0.2, -0.15) is 5.10 Å². The Morgan fingerprint density at radius 2 is 2.15 bits per heavy atom. The van der Waals surface area contributed by atoms with E-state index in [4.69, 9.17) is 4.74 Å². The molecule has 1 aliphatic heterocycles. The van der Waals surface area contributed by atoms with Gasteiger partial charge in [0.15, 0.2) is 0 Å². The zero-order valence-electron chi connectivity index (χ0n) is 14.7. The van der Waals surface area contributed by atoms with Crippen LogP contribution in [0.3, 0.4) is 0 Å². The Hall–Kier alpha value is -3.33. The van der Waals surface area contributed by atoms with Gasteiger partial charge in [-0.3, -0.25) is 14.8 Å². The molecule has 3 aromatic rings. The van der Waals surface area contributed by atoms with Gasteiger partial charge in [-0.05, 0) is 25.1 Å². The van der Waals surface area contributed by atoms with Crippen LogP contribution in [0.4, 0.5) is 5.69 Å². The first kappa shape index (κ1) is 17.1. The van der Waals surface area contributed by atoms with Crippen LogP contribution in [0.25, 0.3) is 11.3 Å². The Morgan fingerprint density at radius 3 is 2.93 bits per heavy atom. The standard InChI is InChI=1S/C18H18N6O3/c1-11-15(8-14(23-22-11)12-9-20-18(26)21-17(12)25)24-6-7-27-16(10-24)13-4-2-3-5-19-13/h2-5,8-9,16H,6-7,10H2,1H3,(H2,20,21,25,26). The smallest absolute Gasteiger partial charge is 0.325 e. The molecule has 0 aromatic carbocycles. The molecule has 1 saturated heterocycles. The molecule has 0 radical (unpaired) electrons. The molecular formula is C18H18N6O3. The Morgan fingerprint density at radius 1 is 1.26 bits per heavy atom. The van der Waals surface area contributed by atoms with Crippen LogP contribution < -0.4 is 16.1 Å². The van der Waals surface area contributed by atoms with Gasteiger partial charge < -0.3 is 14.6 Å². The van der Waals surface area contributed by atoms with E-state index in [9.17, 15) is 9.59 Å². The Labute approximate surface area is 154 Å². The van der Waals surface area contributed by atoms with Crippen LogP contribution in [0.1, 0.15) is 17.5 Å². The summed E-state index contributed by atoms with van der Waals surface area (Å²) in [5, 5.41) is 8.31. The molecule has 9 heteroatoms. The minimum atomic E-state index is -0.560. The molecule has 2 N–H and O–H groups in total. The number of aromatic amines is 2. The number of hydrogen-bond donors (Lipinski definition) is 2. The van der Waals surface area contributed by atoms with Crippen molar-refractivity contribution in [1.82, 2.24) is 25.1 Å². The molecule has 27 heavy (non-hydrogen) atoms. The summed E-state index contributed by atoms with van der Waals surface area (Å²) in [6.45, 7) is 3.73. The van der Waals surface area contributed by atoms with E-state index in [0.29, 0.717) is 25.4 Å². The monoisotopic (exact) mass is 366 g/mol. The fourth-order valence-electron chi connectivity index (χ4n) is 3.11. The summed E-state index contributed by atoms with van der Waals surface area (Å²) in [7, 11) is 0. The van der Waals surface area contributed by atoms with Crippen molar-refractivity contribution < 1.29 is 4.74 Å². The molecule has 1 atom stereocenters. The number of ether oxygens (including phenoxy) is 1. The first-order valence-electron chi connectivity index (χ1n) is 8.56. The molecule has 1 unspecified atom stereocenters. The van der Waals surface area contributed by atoms with Gasteiger partial charge in [0.25, 0.3) is 5.56 Å². The normalized spacial score (nSPS) is 17.1. The molecule has 0 aliphatic carbocycles. The second-order valence-corrected chi connectivity index (χ2v) is 6.25. The van der Waals surface area contributed by atoms with Crippen molar-refractivity contribution in [3.8, 4) is 11.3 Å². The number of nitrogens with one attached hydrogen (secondary N) is 2.